The monoisotopic (exact) mass is 497 g/mol. The van der Waals surface area contributed by atoms with Crippen molar-refractivity contribution in [1.29, 1.82) is 0 Å². The molecule has 0 aliphatic rings. The van der Waals surface area contributed by atoms with Gasteiger partial charge in [0.05, 0.1) is 30.6 Å². The average molecular weight is 499 g/mol. The molecule has 9 heteroatoms. The summed E-state index contributed by atoms with van der Waals surface area (Å²) in [5.74, 6) is 0.105. The second kappa shape index (κ2) is 10.1. The van der Waals surface area contributed by atoms with E-state index < -0.39 is 11.8 Å². The van der Waals surface area contributed by atoms with Crippen LogP contribution in [0.15, 0.2) is 50.4 Å². The number of carbonyl (C=O) groups is 2. The molecule has 0 aliphatic heterocycles. The number of rotatable bonds is 7. The number of para-hydroxylation sites is 1. The first kappa shape index (κ1) is 20.9. The van der Waals surface area contributed by atoms with Gasteiger partial charge in [-0.1, -0.05) is 12.1 Å². The molecule has 2 aromatic carbocycles. The summed E-state index contributed by atoms with van der Waals surface area (Å²) in [5, 5.41) is 6.51. The lowest BCUT2D eigenvalue weighted by atomic mass is 10.2. The van der Waals surface area contributed by atoms with Crippen molar-refractivity contribution in [3.8, 4) is 11.5 Å². The van der Waals surface area contributed by atoms with Crippen molar-refractivity contribution in [2.24, 2.45) is 5.10 Å². The number of anilines is 1. The van der Waals surface area contributed by atoms with Crippen molar-refractivity contribution < 1.29 is 19.1 Å². The number of hydrazone groups is 1. The third kappa shape index (κ3) is 6.07. The highest BCUT2D eigenvalue weighted by atomic mass is 79.9. The van der Waals surface area contributed by atoms with E-state index in [1.54, 1.807) is 30.3 Å². The summed E-state index contributed by atoms with van der Waals surface area (Å²) >= 11 is 6.70. The smallest absolute Gasteiger partial charge is 0.249 e. The minimum Gasteiger partial charge on any atom is -0.493 e. The molecule has 0 spiro atoms. The lowest BCUT2D eigenvalue weighted by Crippen LogP contribution is -2.24. The van der Waals surface area contributed by atoms with Crippen LogP contribution in [-0.4, -0.2) is 32.2 Å². The lowest BCUT2D eigenvalue weighted by Gasteiger charge is -2.10. The van der Waals surface area contributed by atoms with E-state index in [2.05, 4.69) is 47.7 Å². The molecule has 0 aromatic heterocycles. The molecule has 0 unspecified atom stereocenters. The fraction of sp³-hybridized carbons (Fsp3) is 0.167. The highest BCUT2D eigenvalue weighted by Gasteiger charge is 2.11. The molecule has 2 amide bonds. The van der Waals surface area contributed by atoms with Gasteiger partial charge in [0, 0.05) is 4.47 Å². The number of methoxy groups -OCH3 is 2. The molecule has 0 fully saturated rings. The number of carbonyl (C=O) groups excluding carboxylic acids is 2. The van der Waals surface area contributed by atoms with Crippen LogP contribution in [0.4, 0.5) is 5.69 Å². The van der Waals surface area contributed by atoms with Gasteiger partial charge in [0.2, 0.25) is 11.8 Å². The van der Waals surface area contributed by atoms with Gasteiger partial charge in [-0.3, -0.25) is 9.59 Å². The van der Waals surface area contributed by atoms with Crippen LogP contribution in [0.25, 0.3) is 0 Å². The van der Waals surface area contributed by atoms with Crippen LogP contribution in [0.1, 0.15) is 12.0 Å². The van der Waals surface area contributed by atoms with Crippen LogP contribution in [0.2, 0.25) is 0 Å². The normalized spacial score (nSPS) is 10.5. The summed E-state index contributed by atoms with van der Waals surface area (Å²) in [6.45, 7) is 0. The van der Waals surface area contributed by atoms with Crippen molar-refractivity contribution in [1.82, 2.24) is 5.43 Å². The topological polar surface area (TPSA) is 89.0 Å². The van der Waals surface area contributed by atoms with E-state index in [-0.39, 0.29) is 6.42 Å². The Kier molecular flexibility index (Phi) is 7.81. The molecular weight excluding hydrogens is 482 g/mol. The summed E-state index contributed by atoms with van der Waals surface area (Å²) in [7, 11) is 3.06. The van der Waals surface area contributed by atoms with Gasteiger partial charge in [0.1, 0.15) is 6.42 Å². The maximum atomic E-state index is 11.9. The van der Waals surface area contributed by atoms with E-state index in [4.69, 9.17) is 9.47 Å². The predicted octanol–water partition coefficient (Wildman–Crippen LogP) is 3.71. The number of nitrogens with one attached hydrogen (secondary N) is 2. The summed E-state index contributed by atoms with van der Waals surface area (Å²) < 4.78 is 11.9. The summed E-state index contributed by atoms with van der Waals surface area (Å²) in [5.41, 5.74) is 3.59. The van der Waals surface area contributed by atoms with E-state index in [0.717, 1.165) is 4.47 Å². The maximum absolute atomic E-state index is 11.9. The molecule has 2 aromatic rings. The zero-order valence-electron chi connectivity index (χ0n) is 14.6. The third-order valence-electron chi connectivity index (χ3n) is 3.33. The quantitative estimate of drug-likeness (QED) is 0.346. The van der Waals surface area contributed by atoms with Crippen molar-refractivity contribution in [3.63, 3.8) is 0 Å². The van der Waals surface area contributed by atoms with Crippen molar-refractivity contribution in [2.75, 3.05) is 19.5 Å². The van der Waals surface area contributed by atoms with Gasteiger partial charge in [-0.2, -0.15) is 5.10 Å². The Morgan fingerprint density at radius 1 is 1.07 bits per heavy atom. The zero-order chi connectivity index (χ0) is 19.8. The number of benzene rings is 2. The van der Waals surface area contributed by atoms with Gasteiger partial charge in [-0.25, -0.2) is 5.43 Å². The standard InChI is InChI=1S/C18H17Br2N3O4/c1-26-15-8-11(7-13(20)18(15)27-2)10-21-23-17(25)9-16(24)22-14-6-4-3-5-12(14)19/h3-8,10H,9H2,1-2H3,(H,22,24)(H,23,25). The second-order valence-corrected chi connectivity index (χ2v) is 6.94. The first-order chi connectivity index (χ1) is 12.9. The van der Waals surface area contributed by atoms with Crippen LogP contribution < -0.4 is 20.2 Å². The second-order valence-electron chi connectivity index (χ2n) is 5.24. The van der Waals surface area contributed by atoms with Crippen LogP contribution in [0.3, 0.4) is 0 Å². The van der Waals surface area contributed by atoms with Gasteiger partial charge in [-0.15, -0.1) is 0 Å². The van der Waals surface area contributed by atoms with Gasteiger partial charge in [0.25, 0.3) is 0 Å². The largest absolute Gasteiger partial charge is 0.493 e. The maximum Gasteiger partial charge on any atom is 0.249 e. The molecule has 2 N–H and O–H groups in total. The Bertz CT molecular complexity index is 872. The number of ether oxygens (including phenoxy) is 2. The Morgan fingerprint density at radius 3 is 2.48 bits per heavy atom. The van der Waals surface area contributed by atoms with Crippen molar-refractivity contribution in [3.05, 3.63) is 50.9 Å². The molecule has 2 rings (SSSR count). The number of amides is 2. The molecule has 0 saturated heterocycles. The van der Waals surface area contributed by atoms with Gasteiger partial charge in [0.15, 0.2) is 11.5 Å². The Morgan fingerprint density at radius 2 is 1.81 bits per heavy atom. The Labute approximate surface area is 173 Å². The highest BCUT2D eigenvalue weighted by molar-refractivity contribution is 9.11. The molecule has 142 valence electrons. The zero-order valence-corrected chi connectivity index (χ0v) is 17.8. The van der Waals surface area contributed by atoms with Gasteiger partial charge < -0.3 is 14.8 Å². The van der Waals surface area contributed by atoms with Crippen LogP contribution >= 0.6 is 31.9 Å². The molecule has 0 radical (unpaired) electrons. The molecule has 27 heavy (non-hydrogen) atoms. The van der Waals surface area contributed by atoms with Crippen molar-refractivity contribution >= 4 is 55.6 Å². The third-order valence-corrected chi connectivity index (χ3v) is 4.61. The Hall–Kier alpha value is -2.39. The van der Waals surface area contributed by atoms with E-state index in [1.807, 2.05) is 6.07 Å². The summed E-state index contributed by atoms with van der Waals surface area (Å²) in [6, 6.07) is 10.6. The van der Waals surface area contributed by atoms with E-state index in [0.29, 0.717) is 27.2 Å². The molecular formula is C18H17Br2N3O4. The number of hydrogen-bond acceptors (Lipinski definition) is 5. The fourth-order valence-corrected chi connectivity index (χ4v) is 3.14. The number of halogens is 2. The SMILES string of the molecule is COc1cc(C=NNC(=O)CC(=O)Nc2ccccc2Br)cc(Br)c1OC. The van der Waals surface area contributed by atoms with E-state index >= 15 is 0 Å². The average Bonchev–Trinajstić information content (AvgIpc) is 2.63. The summed E-state index contributed by atoms with van der Waals surface area (Å²) in [4.78, 5) is 23.8. The predicted molar refractivity (Wildman–Crippen MR) is 110 cm³/mol. The lowest BCUT2D eigenvalue weighted by molar-refractivity contribution is -0.126. The molecule has 0 aliphatic carbocycles. The van der Waals surface area contributed by atoms with E-state index in [1.165, 1.54) is 20.4 Å². The first-order valence-corrected chi connectivity index (χ1v) is 9.31. The minimum absolute atomic E-state index is 0.353. The van der Waals surface area contributed by atoms with E-state index in [9.17, 15) is 9.59 Å². The Balaban J connectivity index is 1.92. The first-order valence-electron chi connectivity index (χ1n) is 7.72. The van der Waals surface area contributed by atoms with Gasteiger partial charge in [-0.05, 0) is 61.7 Å². The number of hydrogen-bond donors (Lipinski definition) is 2. The van der Waals surface area contributed by atoms with Crippen LogP contribution in [0.5, 0.6) is 11.5 Å². The molecule has 7 nitrogen and oxygen atoms in total. The van der Waals surface area contributed by atoms with Crippen molar-refractivity contribution in [2.45, 2.75) is 6.42 Å². The van der Waals surface area contributed by atoms with Crippen LogP contribution in [-0.2, 0) is 9.59 Å². The number of nitrogens with zero attached hydrogens (tertiary/aromatic N) is 1. The molecule has 0 saturated carbocycles. The highest BCUT2D eigenvalue weighted by Crippen LogP contribution is 2.35. The fourth-order valence-electron chi connectivity index (χ4n) is 2.13. The molecule has 0 bridgehead atoms. The van der Waals surface area contributed by atoms with Crippen LogP contribution in [0, 0.1) is 0 Å². The minimum atomic E-state index is -0.532. The molecule has 0 heterocycles. The summed E-state index contributed by atoms with van der Waals surface area (Å²) in [6.07, 6.45) is 1.09. The molecule has 0 atom stereocenters. The van der Waals surface area contributed by atoms with Gasteiger partial charge >= 0.3 is 0 Å².